The van der Waals surface area contributed by atoms with Crippen molar-refractivity contribution in [2.45, 2.75) is 25.3 Å². The van der Waals surface area contributed by atoms with Gasteiger partial charge in [0.1, 0.15) is 23.0 Å². The Morgan fingerprint density at radius 2 is 1.88 bits per heavy atom. The van der Waals surface area contributed by atoms with E-state index < -0.39 is 0 Å². The minimum atomic E-state index is -0.345. The summed E-state index contributed by atoms with van der Waals surface area (Å²) < 4.78 is 10.7. The van der Waals surface area contributed by atoms with Gasteiger partial charge in [0, 0.05) is 37.0 Å². The number of nitrogens with zero attached hydrogens (tertiary/aromatic N) is 5. The molecule has 0 saturated carbocycles. The molecule has 2 N–H and O–H groups in total. The molecule has 1 saturated heterocycles. The molecule has 4 rings (SSSR count). The number of aryl methyl sites for hydroxylation is 2. The van der Waals surface area contributed by atoms with E-state index in [4.69, 9.17) is 9.47 Å². The molecule has 10 heteroatoms. The zero-order chi connectivity index (χ0) is 24.1. The number of carbonyl (C=O) groups is 1. The molecule has 34 heavy (non-hydrogen) atoms. The van der Waals surface area contributed by atoms with Crippen LogP contribution in [0.2, 0.25) is 0 Å². The van der Waals surface area contributed by atoms with Gasteiger partial charge in [0.2, 0.25) is 0 Å². The molecular weight excluding hydrogens is 434 g/mol. The van der Waals surface area contributed by atoms with Gasteiger partial charge in [0.15, 0.2) is 5.82 Å². The molecule has 0 aliphatic carbocycles. The molecule has 1 unspecified atom stereocenters. The zero-order valence-electron chi connectivity index (χ0n) is 20.0. The summed E-state index contributed by atoms with van der Waals surface area (Å²) in [6.07, 6.45) is 5.74. The van der Waals surface area contributed by atoms with Crippen LogP contribution in [0.5, 0.6) is 11.5 Å². The first kappa shape index (κ1) is 23.5. The number of nitrogens with one attached hydrogen (secondary N) is 2. The number of likely N-dealkylation sites (N-methyl/N-ethyl adjacent to an activating group) is 1. The summed E-state index contributed by atoms with van der Waals surface area (Å²) in [6, 6.07) is 8.13. The highest BCUT2D eigenvalue weighted by atomic mass is 16.5. The summed E-state index contributed by atoms with van der Waals surface area (Å²) in [7, 11) is 7.44. The number of H-pyrrole nitrogens is 1. The van der Waals surface area contributed by atoms with Crippen molar-refractivity contribution < 1.29 is 14.3 Å². The maximum absolute atomic E-state index is 12.6. The average Bonchev–Trinajstić information content (AvgIpc) is 3.52. The van der Waals surface area contributed by atoms with Crippen LogP contribution in [0.1, 0.15) is 28.2 Å². The Labute approximate surface area is 199 Å². The highest BCUT2D eigenvalue weighted by Crippen LogP contribution is 2.24. The second-order valence-corrected chi connectivity index (χ2v) is 8.57. The van der Waals surface area contributed by atoms with Crippen molar-refractivity contribution in [2.75, 3.05) is 51.6 Å². The monoisotopic (exact) mass is 465 g/mol. The van der Waals surface area contributed by atoms with E-state index in [0.29, 0.717) is 11.9 Å². The third kappa shape index (κ3) is 5.63. The minimum Gasteiger partial charge on any atom is -0.497 e. The molecule has 180 valence electrons. The molecule has 2 aromatic heterocycles. The highest BCUT2D eigenvalue weighted by Gasteiger charge is 2.25. The number of methoxy groups -OCH3 is 2. The van der Waals surface area contributed by atoms with Gasteiger partial charge in [0.05, 0.1) is 26.6 Å². The number of anilines is 2. The molecular formula is C24H31N7O3. The van der Waals surface area contributed by atoms with Crippen molar-refractivity contribution in [3.8, 4) is 11.5 Å². The molecule has 0 radical (unpaired) electrons. The van der Waals surface area contributed by atoms with Crippen molar-refractivity contribution in [3.63, 3.8) is 0 Å². The van der Waals surface area contributed by atoms with Gasteiger partial charge in [-0.3, -0.25) is 9.89 Å². The second-order valence-electron chi connectivity index (χ2n) is 8.57. The van der Waals surface area contributed by atoms with E-state index in [9.17, 15) is 4.79 Å². The fourth-order valence-electron chi connectivity index (χ4n) is 4.00. The van der Waals surface area contributed by atoms with Crippen LogP contribution in [-0.4, -0.2) is 78.4 Å². The Hall–Kier alpha value is -3.66. The summed E-state index contributed by atoms with van der Waals surface area (Å²) in [5, 5.41) is 9.96. The van der Waals surface area contributed by atoms with Gasteiger partial charge < -0.3 is 24.6 Å². The van der Waals surface area contributed by atoms with E-state index in [2.05, 4.69) is 49.4 Å². The van der Waals surface area contributed by atoms with Crippen molar-refractivity contribution in [1.82, 2.24) is 25.1 Å². The number of aromatic amines is 1. The predicted molar refractivity (Wildman–Crippen MR) is 130 cm³/mol. The van der Waals surface area contributed by atoms with Crippen LogP contribution in [-0.2, 0) is 12.8 Å². The summed E-state index contributed by atoms with van der Waals surface area (Å²) in [6.45, 7) is 1.84. The maximum atomic E-state index is 12.6. The van der Waals surface area contributed by atoms with Gasteiger partial charge in [-0.1, -0.05) is 0 Å². The number of rotatable bonds is 9. The highest BCUT2D eigenvalue weighted by molar-refractivity contribution is 6.02. The molecule has 1 aliphatic heterocycles. The third-order valence-electron chi connectivity index (χ3n) is 6.06. The first-order valence-corrected chi connectivity index (χ1v) is 11.3. The normalized spacial score (nSPS) is 15.6. The van der Waals surface area contributed by atoms with Crippen LogP contribution in [0.15, 0.2) is 36.7 Å². The SMILES string of the molecule is COc1cc(CCc2cc(NC(=O)c3cnc(N4CCC(N(C)C)C4)cn3)n[nH]2)cc(OC)c1. The minimum absolute atomic E-state index is 0.250. The topological polar surface area (TPSA) is 109 Å². The Morgan fingerprint density at radius 1 is 1.12 bits per heavy atom. The van der Waals surface area contributed by atoms with Gasteiger partial charge in [0.25, 0.3) is 5.91 Å². The summed E-state index contributed by atoms with van der Waals surface area (Å²) in [5.41, 5.74) is 2.24. The Balaban J connectivity index is 1.32. The molecule has 1 amide bonds. The number of carbonyl (C=O) groups excluding carboxylic acids is 1. The van der Waals surface area contributed by atoms with E-state index in [-0.39, 0.29) is 11.6 Å². The number of ether oxygens (including phenoxy) is 2. The third-order valence-corrected chi connectivity index (χ3v) is 6.06. The number of hydrogen-bond acceptors (Lipinski definition) is 8. The largest absolute Gasteiger partial charge is 0.497 e. The van der Waals surface area contributed by atoms with E-state index in [0.717, 1.165) is 60.9 Å². The molecule has 0 spiro atoms. The number of benzene rings is 1. The molecule has 1 atom stereocenters. The first-order chi connectivity index (χ1) is 16.4. The molecule has 3 aromatic rings. The van der Waals surface area contributed by atoms with Crippen LogP contribution in [0.25, 0.3) is 0 Å². The lowest BCUT2D eigenvalue weighted by Gasteiger charge is -2.20. The Kier molecular flexibility index (Phi) is 7.27. The number of aromatic nitrogens is 4. The van der Waals surface area contributed by atoms with E-state index in [1.165, 1.54) is 6.20 Å². The lowest BCUT2D eigenvalue weighted by Crippen LogP contribution is -2.31. The van der Waals surface area contributed by atoms with Gasteiger partial charge in [-0.25, -0.2) is 9.97 Å². The van der Waals surface area contributed by atoms with Crippen LogP contribution >= 0.6 is 0 Å². The summed E-state index contributed by atoms with van der Waals surface area (Å²) >= 11 is 0. The standard InChI is InChI=1S/C24H31N7O3/c1-30(2)18-7-8-31(15-18)23-14-25-21(13-26-23)24(32)27-22-11-17(28-29-22)6-5-16-9-19(33-3)12-20(10-16)34-4/h9-14,18H,5-8,15H2,1-4H3,(H2,27,28,29,32). The van der Waals surface area contributed by atoms with Crippen LogP contribution in [0.3, 0.4) is 0 Å². The van der Waals surface area contributed by atoms with Gasteiger partial charge in [-0.05, 0) is 51.1 Å². The zero-order valence-corrected chi connectivity index (χ0v) is 20.0. The van der Waals surface area contributed by atoms with Crippen LogP contribution in [0, 0.1) is 0 Å². The number of hydrogen-bond donors (Lipinski definition) is 2. The van der Waals surface area contributed by atoms with E-state index in [1.807, 2.05) is 24.3 Å². The van der Waals surface area contributed by atoms with Gasteiger partial charge in [-0.15, -0.1) is 0 Å². The molecule has 1 aliphatic rings. The Bertz CT molecular complexity index is 1090. The molecule has 3 heterocycles. The van der Waals surface area contributed by atoms with Crippen molar-refractivity contribution in [2.24, 2.45) is 0 Å². The quantitative estimate of drug-likeness (QED) is 0.496. The van der Waals surface area contributed by atoms with Crippen molar-refractivity contribution in [1.29, 1.82) is 0 Å². The molecule has 0 bridgehead atoms. The fraction of sp³-hybridized carbons (Fsp3) is 0.417. The molecule has 1 aromatic carbocycles. The average molecular weight is 466 g/mol. The van der Waals surface area contributed by atoms with Gasteiger partial charge >= 0.3 is 0 Å². The van der Waals surface area contributed by atoms with Crippen LogP contribution in [0.4, 0.5) is 11.6 Å². The first-order valence-electron chi connectivity index (χ1n) is 11.3. The van der Waals surface area contributed by atoms with E-state index in [1.54, 1.807) is 20.4 Å². The van der Waals surface area contributed by atoms with Crippen molar-refractivity contribution >= 4 is 17.5 Å². The van der Waals surface area contributed by atoms with Crippen molar-refractivity contribution in [3.05, 3.63) is 53.6 Å². The lowest BCUT2D eigenvalue weighted by molar-refractivity contribution is 0.102. The molecule has 10 nitrogen and oxygen atoms in total. The summed E-state index contributed by atoms with van der Waals surface area (Å²) in [5.74, 6) is 2.39. The van der Waals surface area contributed by atoms with Crippen LogP contribution < -0.4 is 19.7 Å². The predicted octanol–water partition coefficient (Wildman–Crippen LogP) is 2.39. The van der Waals surface area contributed by atoms with E-state index >= 15 is 0 Å². The Morgan fingerprint density at radius 3 is 2.50 bits per heavy atom. The fourth-order valence-corrected chi connectivity index (χ4v) is 4.00. The van der Waals surface area contributed by atoms with Gasteiger partial charge in [-0.2, -0.15) is 5.10 Å². The smallest absolute Gasteiger partial charge is 0.277 e. The maximum Gasteiger partial charge on any atom is 0.277 e. The lowest BCUT2D eigenvalue weighted by atomic mass is 10.1. The summed E-state index contributed by atoms with van der Waals surface area (Å²) in [4.78, 5) is 25.8. The number of amides is 1. The second kappa shape index (κ2) is 10.5. The molecule has 1 fully saturated rings.